The van der Waals surface area contributed by atoms with Gasteiger partial charge in [-0.25, -0.2) is 9.78 Å². The fourth-order valence-electron chi connectivity index (χ4n) is 2.56. The summed E-state index contributed by atoms with van der Waals surface area (Å²) in [4.78, 5) is 33.1. The fourth-order valence-corrected chi connectivity index (χ4v) is 3.43. The molecule has 1 aliphatic rings. The van der Waals surface area contributed by atoms with Crippen LogP contribution in [0, 0.1) is 6.92 Å². The number of carbonyl (C=O) groups excluding carboxylic acids is 2. The van der Waals surface area contributed by atoms with Crippen LogP contribution in [-0.4, -0.2) is 59.6 Å². The summed E-state index contributed by atoms with van der Waals surface area (Å²) in [5, 5.41) is 0.700. The summed E-state index contributed by atoms with van der Waals surface area (Å²) < 4.78 is 10.3. The predicted molar refractivity (Wildman–Crippen MR) is 89.1 cm³/mol. The second-order valence-electron chi connectivity index (χ2n) is 5.38. The van der Waals surface area contributed by atoms with E-state index >= 15 is 0 Å². The summed E-state index contributed by atoms with van der Waals surface area (Å²) >= 11 is 1.44. The van der Waals surface area contributed by atoms with Gasteiger partial charge in [0, 0.05) is 31.1 Å². The van der Waals surface area contributed by atoms with Gasteiger partial charge in [0.1, 0.15) is 5.69 Å². The van der Waals surface area contributed by atoms with Crippen LogP contribution in [0.2, 0.25) is 0 Å². The van der Waals surface area contributed by atoms with Crippen molar-refractivity contribution in [3.05, 3.63) is 29.0 Å². The normalized spacial score (nSPS) is 14.8. The number of amides is 2. The van der Waals surface area contributed by atoms with Crippen LogP contribution in [0.4, 0.5) is 4.79 Å². The zero-order chi connectivity index (χ0) is 17.1. The van der Waals surface area contributed by atoms with E-state index in [0.717, 1.165) is 4.88 Å². The van der Waals surface area contributed by atoms with Crippen molar-refractivity contribution in [1.29, 1.82) is 0 Å². The first-order valence-electron chi connectivity index (χ1n) is 7.82. The van der Waals surface area contributed by atoms with Gasteiger partial charge in [-0.1, -0.05) is 0 Å². The molecule has 2 aromatic heterocycles. The molecule has 0 aliphatic carbocycles. The van der Waals surface area contributed by atoms with Crippen molar-refractivity contribution >= 4 is 23.3 Å². The maximum absolute atomic E-state index is 12.7. The Morgan fingerprint density at radius 3 is 2.62 bits per heavy atom. The van der Waals surface area contributed by atoms with E-state index in [2.05, 4.69) is 4.98 Å². The largest absolute Gasteiger partial charge is 0.462 e. The lowest BCUT2D eigenvalue weighted by atomic mass is 10.2. The van der Waals surface area contributed by atoms with Gasteiger partial charge in [0.15, 0.2) is 10.8 Å². The number of aryl methyl sites for hydroxylation is 1. The Morgan fingerprint density at radius 2 is 2.00 bits per heavy atom. The number of thiazole rings is 1. The Morgan fingerprint density at radius 1 is 1.29 bits per heavy atom. The first kappa shape index (κ1) is 16.5. The van der Waals surface area contributed by atoms with Crippen LogP contribution in [-0.2, 0) is 4.74 Å². The van der Waals surface area contributed by atoms with Gasteiger partial charge in [-0.05, 0) is 26.0 Å². The molecule has 3 heterocycles. The summed E-state index contributed by atoms with van der Waals surface area (Å²) in [7, 11) is 0. The maximum atomic E-state index is 12.7. The molecule has 2 amide bonds. The van der Waals surface area contributed by atoms with Crippen molar-refractivity contribution in [2.45, 2.75) is 13.8 Å². The third kappa shape index (κ3) is 3.28. The molecule has 128 valence electrons. The molecule has 1 aliphatic heterocycles. The van der Waals surface area contributed by atoms with E-state index in [-0.39, 0.29) is 12.0 Å². The number of furan rings is 1. The van der Waals surface area contributed by atoms with Crippen LogP contribution >= 0.6 is 11.3 Å². The number of carbonyl (C=O) groups is 2. The van der Waals surface area contributed by atoms with Crippen LogP contribution < -0.4 is 0 Å². The second kappa shape index (κ2) is 7.04. The highest BCUT2D eigenvalue weighted by atomic mass is 32.1. The minimum Gasteiger partial charge on any atom is -0.462 e. The van der Waals surface area contributed by atoms with E-state index in [1.54, 1.807) is 29.1 Å². The van der Waals surface area contributed by atoms with Crippen molar-refractivity contribution < 1.29 is 18.7 Å². The molecule has 7 nitrogen and oxygen atoms in total. The van der Waals surface area contributed by atoms with Crippen molar-refractivity contribution in [3.63, 3.8) is 0 Å². The molecule has 3 rings (SSSR count). The molecule has 0 saturated carbocycles. The Labute approximate surface area is 143 Å². The Hall–Kier alpha value is -2.35. The average Bonchev–Trinajstić information content (AvgIpc) is 3.24. The Bertz CT molecular complexity index is 718. The standard InChI is InChI=1S/C16H19N3O4S/c1-3-22-16(21)19-8-6-18(7-9-19)15(20)13-11(2)24-14(17-13)12-5-4-10-23-12/h4-5,10H,3,6-9H2,1-2H3. The fraction of sp³-hybridized carbons (Fsp3) is 0.438. The third-order valence-corrected chi connectivity index (χ3v) is 4.81. The Balaban J connectivity index is 1.67. The Kier molecular flexibility index (Phi) is 4.84. The first-order chi connectivity index (χ1) is 11.6. The minimum atomic E-state index is -0.324. The SMILES string of the molecule is CCOC(=O)N1CCN(C(=O)c2nc(-c3ccco3)sc2C)CC1. The van der Waals surface area contributed by atoms with Crippen LogP contribution in [0.15, 0.2) is 22.8 Å². The van der Waals surface area contributed by atoms with E-state index in [1.165, 1.54) is 11.3 Å². The molecular weight excluding hydrogens is 330 g/mol. The summed E-state index contributed by atoms with van der Waals surface area (Å²) in [5.41, 5.74) is 0.455. The number of nitrogens with zero attached hydrogens (tertiary/aromatic N) is 3. The van der Waals surface area contributed by atoms with E-state index in [1.807, 2.05) is 13.0 Å². The number of ether oxygens (including phenoxy) is 1. The van der Waals surface area contributed by atoms with Crippen molar-refractivity contribution in [3.8, 4) is 10.8 Å². The molecule has 0 bridgehead atoms. The zero-order valence-corrected chi connectivity index (χ0v) is 14.5. The van der Waals surface area contributed by atoms with Gasteiger partial charge in [0.05, 0.1) is 12.9 Å². The molecular formula is C16H19N3O4S. The van der Waals surface area contributed by atoms with Gasteiger partial charge in [-0.3, -0.25) is 4.79 Å². The lowest BCUT2D eigenvalue weighted by Gasteiger charge is -2.33. The molecule has 0 N–H and O–H groups in total. The molecule has 0 atom stereocenters. The number of aromatic nitrogens is 1. The summed E-state index contributed by atoms with van der Waals surface area (Å²) in [5.74, 6) is 0.555. The highest BCUT2D eigenvalue weighted by Crippen LogP contribution is 2.28. The van der Waals surface area contributed by atoms with Gasteiger partial charge in [-0.15, -0.1) is 11.3 Å². The lowest BCUT2D eigenvalue weighted by molar-refractivity contribution is 0.0566. The van der Waals surface area contributed by atoms with E-state index < -0.39 is 0 Å². The number of rotatable bonds is 3. The van der Waals surface area contributed by atoms with Gasteiger partial charge in [-0.2, -0.15) is 0 Å². The van der Waals surface area contributed by atoms with Crippen LogP contribution in [0.5, 0.6) is 0 Å². The summed E-state index contributed by atoms with van der Waals surface area (Å²) in [6, 6.07) is 3.62. The first-order valence-corrected chi connectivity index (χ1v) is 8.64. The lowest BCUT2D eigenvalue weighted by Crippen LogP contribution is -2.50. The van der Waals surface area contributed by atoms with E-state index in [0.29, 0.717) is 49.2 Å². The maximum Gasteiger partial charge on any atom is 0.409 e. The molecule has 1 saturated heterocycles. The molecule has 0 radical (unpaired) electrons. The molecule has 24 heavy (non-hydrogen) atoms. The summed E-state index contributed by atoms with van der Waals surface area (Å²) in [6.07, 6.45) is 1.26. The van der Waals surface area contributed by atoms with Gasteiger partial charge in [0.2, 0.25) is 0 Å². The van der Waals surface area contributed by atoms with Crippen LogP contribution in [0.1, 0.15) is 22.3 Å². The van der Waals surface area contributed by atoms with Gasteiger partial charge < -0.3 is 19.0 Å². The van der Waals surface area contributed by atoms with Crippen LogP contribution in [0.3, 0.4) is 0 Å². The highest BCUT2D eigenvalue weighted by Gasteiger charge is 2.28. The number of piperazine rings is 1. The van der Waals surface area contributed by atoms with E-state index in [9.17, 15) is 9.59 Å². The monoisotopic (exact) mass is 349 g/mol. The van der Waals surface area contributed by atoms with Gasteiger partial charge in [0.25, 0.3) is 5.91 Å². The molecule has 0 aromatic carbocycles. The molecule has 2 aromatic rings. The smallest absolute Gasteiger partial charge is 0.409 e. The number of hydrogen-bond donors (Lipinski definition) is 0. The van der Waals surface area contributed by atoms with Crippen molar-refractivity contribution in [2.24, 2.45) is 0 Å². The summed E-state index contributed by atoms with van der Waals surface area (Å²) in [6.45, 7) is 5.91. The molecule has 8 heteroatoms. The highest BCUT2D eigenvalue weighted by molar-refractivity contribution is 7.15. The predicted octanol–water partition coefficient (Wildman–Crippen LogP) is 2.63. The minimum absolute atomic E-state index is 0.106. The van der Waals surface area contributed by atoms with Crippen molar-refractivity contribution in [1.82, 2.24) is 14.8 Å². The molecule has 0 unspecified atom stereocenters. The quantitative estimate of drug-likeness (QED) is 0.851. The second-order valence-corrected chi connectivity index (χ2v) is 6.58. The molecule has 0 spiro atoms. The van der Waals surface area contributed by atoms with E-state index in [4.69, 9.17) is 9.15 Å². The molecule has 1 fully saturated rings. The topological polar surface area (TPSA) is 75.9 Å². The number of hydrogen-bond acceptors (Lipinski definition) is 6. The van der Waals surface area contributed by atoms with Crippen LogP contribution in [0.25, 0.3) is 10.8 Å². The zero-order valence-electron chi connectivity index (χ0n) is 13.7. The third-order valence-electron chi connectivity index (χ3n) is 3.82. The van der Waals surface area contributed by atoms with Gasteiger partial charge >= 0.3 is 6.09 Å². The van der Waals surface area contributed by atoms with Crippen molar-refractivity contribution in [2.75, 3.05) is 32.8 Å². The average molecular weight is 349 g/mol.